The SMILES string of the molecule is CN=C(NCCc1nc(C(C)C)no1)NCc1ccc(N2CCCC2=O)cc1. The van der Waals surface area contributed by atoms with Crippen LogP contribution >= 0.6 is 0 Å². The van der Waals surface area contributed by atoms with Crippen LogP contribution in [-0.2, 0) is 17.8 Å². The highest BCUT2D eigenvalue weighted by molar-refractivity contribution is 5.95. The number of nitrogens with one attached hydrogen (secondary N) is 2. The first-order valence-electron chi connectivity index (χ1n) is 9.73. The Labute approximate surface area is 165 Å². The van der Waals surface area contributed by atoms with E-state index < -0.39 is 0 Å². The number of carbonyl (C=O) groups is 1. The van der Waals surface area contributed by atoms with E-state index >= 15 is 0 Å². The van der Waals surface area contributed by atoms with Gasteiger partial charge in [-0.2, -0.15) is 4.98 Å². The van der Waals surface area contributed by atoms with Gasteiger partial charge in [0.25, 0.3) is 0 Å². The van der Waals surface area contributed by atoms with E-state index in [1.807, 2.05) is 43.0 Å². The van der Waals surface area contributed by atoms with E-state index in [1.165, 1.54) is 0 Å². The molecule has 2 N–H and O–H groups in total. The van der Waals surface area contributed by atoms with E-state index in [-0.39, 0.29) is 11.8 Å². The first kappa shape index (κ1) is 19.9. The highest BCUT2D eigenvalue weighted by Crippen LogP contribution is 2.21. The first-order valence-corrected chi connectivity index (χ1v) is 9.73. The predicted octanol–water partition coefficient (Wildman–Crippen LogP) is 2.23. The molecule has 28 heavy (non-hydrogen) atoms. The molecule has 0 spiro atoms. The van der Waals surface area contributed by atoms with Gasteiger partial charge in [-0.15, -0.1) is 0 Å². The number of aliphatic imine (C=N–C) groups is 1. The van der Waals surface area contributed by atoms with Gasteiger partial charge in [0.1, 0.15) is 0 Å². The van der Waals surface area contributed by atoms with E-state index in [9.17, 15) is 4.79 Å². The Morgan fingerprint density at radius 1 is 1.29 bits per heavy atom. The van der Waals surface area contributed by atoms with Crippen LogP contribution in [0.15, 0.2) is 33.8 Å². The van der Waals surface area contributed by atoms with Crippen molar-refractivity contribution in [3.63, 3.8) is 0 Å². The molecule has 0 atom stereocenters. The van der Waals surface area contributed by atoms with Crippen LogP contribution < -0.4 is 15.5 Å². The molecule has 0 aliphatic carbocycles. The lowest BCUT2D eigenvalue weighted by molar-refractivity contribution is -0.117. The fourth-order valence-corrected chi connectivity index (χ4v) is 3.01. The highest BCUT2D eigenvalue weighted by atomic mass is 16.5. The number of hydrogen-bond acceptors (Lipinski definition) is 5. The zero-order valence-electron chi connectivity index (χ0n) is 16.7. The van der Waals surface area contributed by atoms with Crippen LogP contribution in [0.4, 0.5) is 5.69 Å². The molecule has 1 amide bonds. The summed E-state index contributed by atoms with van der Waals surface area (Å²) >= 11 is 0. The summed E-state index contributed by atoms with van der Waals surface area (Å²) in [5.41, 5.74) is 2.09. The molecule has 0 unspecified atom stereocenters. The maximum absolute atomic E-state index is 11.8. The van der Waals surface area contributed by atoms with Gasteiger partial charge in [0.15, 0.2) is 11.8 Å². The molecule has 0 radical (unpaired) electrons. The smallest absolute Gasteiger partial charge is 0.228 e. The number of guanidine groups is 1. The van der Waals surface area contributed by atoms with Gasteiger partial charge in [0.2, 0.25) is 11.8 Å². The molecule has 1 aliphatic heterocycles. The average Bonchev–Trinajstić information content (AvgIpc) is 3.34. The molecule has 0 bridgehead atoms. The summed E-state index contributed by atoms with van der Waals surface area (Å²) in [6.07, 6.45) is 2.22. The van der Waals surface area contributed by atoms with Gasteiger partial charge in [-0.3, -0.25) is 9.79 Å². The summed E-state index contributed by atoms with van der Waals surface area (Å²) < 4.78 is 5.24. The second kappa shape index (κ2) is 9.34. The van der Waals surface area contributed by atoms with Crippen molar-refractivity contribution in [2.75, 3.05) is 25.0 Å². The lowest BCUT2D eigenvalue weighted by atomic mass is 10.2. The van der Waals surface area contributed by atoms with Gasteiger partial charge in [0.05, 0.1) is 0 Å². The second-order valence-corrected chi connectivity index (χ2v) is 7.12. The van der Waals surface area contributed by atoms with Gasteiger partial charge in [-0.25, -0.2) is 0 Å². The van der Waals surface area contributed by atoms with E-state index in [4.69, 9.17) is 4.52 Å². The summed E-state index contributed by atoms with van der Waals surface area (Å²) in [6, 6.07) is 8.07. The van der Waals surface area contributed by atoms with E-state index in [2.05, 4.69) is 25.8 Å². The minimum atomic E-state index is 0.206. The topological polar surface area (TPSA) is 95.7 Å². The molecule has 150 valence electrons. The van der Waals surface area contributed by atoms with Crippen molar-refractivity contribution in [2.24, 2.45) is 4.99 Å². The zero-order chi connectivity index (χ0) is 19.9. The van der Waals surface area contributed by atoms with Crippen molar-refractivity contribution in [1.29, 1.82) is 0 Å². The van der Waals surface area contributed by atoms with E-state index in [0.717, 1.165) is 30.0 Å². The molecular formula is C20H28N6O2. The number of benzene rings is 1. The second-order valence-electron chi connectivity index (χ2n) is 7.12. The zero-order valence-corrected chi connectivity index (χ0v) is 16.7. The van der Waals surface area contributed by atoms with Crippen LogP contribution in [0.5, 0.6) is 0 Å². The van der Waals surface area contributed by atoms with Gasteiger partial charge < -0.3 is 20.1 Å². The summed E-state index contributed by atoms with van der Waals surface area (Å²) in [6.45, 7) is 6.18. The van der Waals surface area contributed by atoms with Gasteiger partial charge in [0, 0.05) is 51.1 Å². The maximum atomic E-state index is 11.8. The summed E-state index contributed by atoms with van der Waals surface area (Å²) in [5.74, 6) is 2.53. The van der Waals surface area contributed by atoms with Crippen LogP contribution in [-0.4, -0.2) is 42.1 Å². The van der Waals surface area contributed by atoms with Crippen molar-refractivity contribution in [1.82, 2.24) is 20.8 Å². The fraction of sp³-hybridized carbons (Fsp3) is 0.500. The highest BCUT2D eigenvalue weighted by Gasteiger charge is 2.21. The largest absolute Gasteiger partial charge is 0.356 e. The van der Waals surface area contributed by atoms with E-state index in [1.54, 1.807) is 7.05 Å². The first-order chi connectivity index (χ1) is 13.6. The quantitative estimate of drug-likeness (QED) is 0.561. The van der Waals surface area contributed by atoms with Crippen LogP contribution in [0.1, 0.15) is 49.9 Å². The molecule has 2 aromatic rings. The van der Waals surface area contributed by atoms with Crippen molar-refractivity contribution in [3.8, 4) is 0 Å². The van der Waals surface area contributed by atoms with Gasteiger partial charge >= 0.3 is 0 Å². The normalized spacial score (nSPS) is 14.8. The molecule has 3 rings (SSSR count). The number of carbonyl (C=O) groups excluding carboxylic acids is 1. The van der Waals surface area contributed by atoms with Crippen LogP contribution in [0, 0.1) is 0 Å². The molecule has 0 saturated carbocycles. The van der Waals surface area contributed by atoms with Crippen molar-refractivity contribution in [3.05, 3.63) is 41.5 Å². The number of anilines is 1. The molecule has 1 aromatic carbocycles. The summed E-state index contributed by atoms with van der Waals surface area (Å²) in [4.78, 5) is 22.3. The standard InChI is InChI=1S/C20H28N6O2/c1-14(2)19-24-17(28-25-19)10-11-22-20(21-3)23-13-15-6-8-16(9-7-15)26-12-4-5-18(26)27/h6-9,14H,4-5,10-13H2,1-3H3,(H2,21,22,23). The van der Waals surface area contributed by atoms with Gasteiger partial charge in [-0.1, -0.05) is 31.1 Å². The van der Waals surface area contributed by atoms with Crippen LogP contribution in [0.2, 0.25) is 0 Å². The Kier molecular flexibility index (Phi) is 6.62. The Morgan fingerprint density at radius 2 is 2.07 bits per heavy atom. The Hall–Kier alpha value is -2.90. The van der Waals surface area contributed by atoms with Gasteiger partial charge in [-0.05, 0) is 24.1 Å². The molecule has 1 saturated heterocycles. The van der Waals surface area contributed by atoms with E-state index in [0.29, 0.717) is 37.8 Å². The average molecular weight is 384 g/mol. The lowest BCUT2D eigenvalue weighted by Crippen LogP contribution is -2.37. The summed E-state index contributed by atoms with van der Waals surface area (Å²) in [7, 11) is 1.74. The number of hydrogen-bond donors (Lipinski definition) is 2. The Balaban J connectivity index is 1.44. The minimum Gasteiger partial charge on any atom is -0.356 e. The Morgan fingerprint density at radius 3 is 2.68 bits per heavy atom. The minimum absolute atomic E-state index is 0.206. The fourth-order valence-electron chi connectivity index (χ4n) is 3.01. The lowest BCUT2D eigenvalue weighted by Gasteiger charge is -2.16. The molecule has 8 heteroatoms. The molecule has 1 fully saturated rings. The van der Waals surface area contributed by atoms with Crippen molar-refractivity contribution >= 4 is 17.6 Å². The summed E-state index contributed by atoms with van der Waals surface area (Å²) in [5, 5.41) is 10.5. The van der Waals surface area contributed by atoms with Crippen molar-refractivity contribution in [2.45, 2.75) is 45.6 Å². The number of aromatic nitrogens is 2. The van der Waals surface area contributed by atoms with Crippen LogP contribution in [0.3, 0.4) is 0 Å². The third kappa shape index (κ3) is 5.09. The number of amides is 1. The number of nitrogens with zero attached hydrogens (tertiary/aromatic N) is 4. The number of rotatable bonds is 7. The molecular weight excluding hydrogens is 356 g/mol. The predicted molar refractivity (Wildman–Crippen MR) is 108 cm³/mol. The van der Waals surface area contributed by atoms with Crippen molar-refractivity contribution < 1.29 is 9.32 Å². The molecule has 1 aromatic heterocycles. The molecule has 1 aliphatic rings. The maximum Gasteiger partial charge on any atom is 0.228 e. The molecule has 2 heterocycles. The monoisotopic (exact) mass is 384 g/mol. The van der Waals surface area contributed by atoms with Crippen LogP contribution in [0.25, 0.3) is 0 Å². The molecule has 8 nitrogen and oxygen atoms in total. The Bertz CT molecular complexity index is 812. The third-order valence-electron chi connectivity index (χ3n) is 4.64. The third-order valence-corrected chi connectivity index (χ3v) is 4.64.